The van der Waals surface area contributed by atoms with Crippen molar-refractivity contribution in [3.05, 3.63) is 17.7 Å². The number of hydrogen-bond donors (Lipinski definition) is 2. The van der Waals surface area contributed by atoms with Gasteiger partial charge in [0.25, 0.3) is 5.91 Å². The summed E-state index contributed by atoms with van der Waals surface area (Å²) >= 11 is 0. The number of nitrogens with zero attached hydrogens (tertiary/aromatic N) is 3. The lowest BCUT2D eigenvalue weighted by atomic mass is 9.92. The predicted molar refractivity (Wildman–Crippen MR) is 93.7 cm³/mol. The standard InChI is InChI=1S/C17H23N5O2/c1-10-5-14-13(6-12(10)18-17(3)8-21(4)9-17)22-11(2)16(23)20-19-15(22)7-24-14/h5-6,11,18H,7-9H2,1-4H3,(H,20,23)/t11-/m1/s1. The molecule has 4 rings (SSSR count). The smallest absolute Gasteiger partial charge is 0.262 e. The summed E-state index contributed by atoms with van der Waals surface area (Å²) in [4.78, 5) is 16.3. The van der Waals surface area contributed by atoms with Crippen LogP contribution in [-0.2, 0) is 4.79 Å². The van der Waals surface area contributed by atoms with E-state index in [1.807, 2.05) is 17.9 Å². The van der Waals surface area contributed by atoms with E-state index in [9.17, 15) is 4.79 Å². The molecule has 24 heavy (non-hydrogen) atoms. The SMILES string of the molecule is Cc1cc2c(cc1NC1(C)CN(C)C1)N1C(=NNC(=O)[C@H]1C)CO2. The molecular formula is C17H23N5O2. The topological polar surface area (TPSA) is 69.2 Å². The van der Waals surface area contributed by atoms with Crippen LogP contribution in [-0.4, -0.2) is 55.0 Å². The van der Waals surface area contributed by atoms with Crippen LogP contribution in [0.15, 0.2) is 17.2 Å². The van der Waals surface area contributed by atoms with Gasteiger partial charge in [0.2, 0.25) is 0 Å². The van der Waals surface area contributed by atoms with E-state index in [1.54, 1.807) is 0 Å². The molecule has 1 fully saturated rings. The van der Waals surface area contributed by atoms with Crippen LogP contribution >= 0.6 is 0 Å². The molecule has 1 atom stereocenters. The van der Waals surface area contributed by atoms with Gasteiger partial charge in [0.05, 0.1) is 11.2 Å². The van der Waals surface area contributed by atoms with E-state index in [-0.39, 0.29) is 17.5 Å². The summed E-state index contributed by atoms with van der Waals surface area (Å²) in [5.74, 6) is 1.43. The van der Waals surface area contributed by atoms with Gasteiger partial charge in [-0.05, 0) is 45.5 Å². The normalized spacial score (nSPS) is 24.8. The summed E-state index contributed by atoms with van der Waals surface area (Å²) < 4.78 is 5.84. The highest BCUT2D eigenvalue weighted by molar-refractivity contribution is 6.09. The molecule has 7 heteroatoms. The number of likely N-dealkylation sites (tertiary alicyclic amines) is 1. The number of hydrazone groups is 1. The number of carbonyl (C=O) groups excluding carboxylic acids is 1. The van der Waals surface area contributed by atoms with Crippen LogP contribution in [0.2, 0.25) is 0 Å². The Balaban J connectivity index is 1.71. The molecule has 1 aromatic carbocycles. The molecule has 1 amide bonds. The molecule has 3 aliphatic heterocycles. The lowest BCUT2D eigenvalue weighted by molar-refractivity contribution is -0.122. The molecule has 1 aromatic rings. The number of fused-ring (bicyclic) bond motifs is 3. The molecule has 1 saturated heterocycles. The Morgan fingerprint density at radius 2 is 2.17 bits per heavy atom. The van der Waals surface area contributed by atoms with Gasteiger partial charge in [-0.1, -0.05) is 0 Å². The zero-order chi connectivity index (χ0) is 17.1. The van der Waals surface area contributed by atoms with Crippen LogP contribution in [0.3, 0.4) is 0 Å². The van der Waals surface area contributed by atoms with E-state index in [0.717, 1.165) is 41.6 Å². The number of ether oxygens (including phenoxy) is 1. The van der Waals surface area contributed by atoms with Gasteiger partial charge in [-0.3, -0.25) is 4.79 Å². The van der Waals surface area contributed by atoms with Crippen molar-refractivity contribution < 1.29 is 9.53 Å². The Bertz CT molecular complexity index is 739. The predicted octanol–water partition coefficient (Wildman–Crippen LogP) is 1.14. The Kier molecular flexibility index (Phi) is 3.25. The van der Waals surface area contributed by atoms with Crippen molar-refractivity contribution in [1.82, 2.24) is 10.3 Å². The molecule has 2 N–H and O–H groups in total. The minimum absolute atomic E-state index is 0.0745. The number of hydrogen-bond acceptors (Lipinski definition) is 6. The lowest BCUT2D eigenvalue weighted by Crippen LogP contribution is -2.62. The molecule has 0 radical (unpaired) electrons. The van der Waals surface area contributed by atoms with Crippen LogP contribution in [0.25, 0.3) is 0 Å². The molecule has 0 aromatic heterocycles. The van der Waals surface area contributed by atoms with E-state index >= 15 is 0 Å². The Hall–Kier alpha value is -2.28. The minimum atomic E-state index is -0.305. The van der Waals surface area contributed by atoms with Gasteiger partial charge in [0, 0.05) is 18.8 Å². The molecule has 128 valence electrons. The van der Waals surface area contributed by atoms with Gasteiger partial charge >= 0.3 is 0 Å². The van der Waals surface area contributed by atoms with E-state index in [2.05, 4.69) is 47.7 Å². The summed E-state index contributed by atoms with van der Waals surface area (Å²) in [7, 11) is 2.12. The van der Waals surface area contributed by atoms with Gasteiger partial charge in [-0.2, -0.15) is 5.10 Å². The van der Waals surface area contributed by atoms with Crippen molar-refractivity contribution in [1.29, 1.82) is 0 Å². The van der Waals surface area contributed by atoms with Crippen LogP contribution < -0.4 is 20.4 Å². The van der Waals surface area contributed by atoms with Crippen LogP contribution in [0, 0.1) is 6.92 Å². The largest absolute Gasteiger partial charge is 0.483 e. The Morgan fingerprint density at radius 3 is 2.88 bits per heavy atom. The zero-order valence-electron chi connectivity index (χ0n) is 14.5. The molecule has 0 bridgehead atoms. The first kappa shape index (κ1) is 15.3. The Labute approximate surface area is 141 Å². The fourth-order valence-corrected chi connectivity index (χ4v) is 3.86. The minimum Gasteiger partial charge on any atom is -0.483 e. The van der Waals surface area contributed by atoms with Crippen LogP contribution in [0.5, 0.6) is 5.75 Å². The van der Waals surface area contributed by atoms with E-state index in [1.165, 1.54) is 0 Å². The maximum atomic E-state index is 12.0. The average molecular weight is 329 g/mol. The van der Waals surface area contributed by atoms with Gasteiger partial charge in [-0.15, -0.1) is 0 Å². The maximum absolute atomic E-state index is 12.0. The van der Waals surface area contributed by atoms with Gasteiger partial charge in [0.1, 0.15) is 18.4 Å². The van der Waals surface area contributed by atoms with Gasteiger partial charge < -0.3 is 19.9 Å². The number of likely N-dealkylation sites (N-methyl/N-ethyl adjacent to an activating group) is 1. The maximum Gasteiger partial charge on any atom is 0.262 e. The molecule has 0 unspecified atom stereocenters. The second-order valence-corrected chi connectivity index (χ2v) is 7.33. The Morgan fingerprint density at radius 1 is 1.42 bits per heavy atom. The fraction of sp³-hybridized carbons (Fsp3) is 0.529. The highest BCUT2D eigenvalue weighted by Gasteiger charge is 2.38. The summed E-state index contributed by atoms with van der Waals surface area (Å²) in [6, 6.07) is 3.82. The summed E-state index contributed by atoms with van der Waals surface area (Å²) in [5.41, 5.74) is 5.74. The van der Waals surface area contributed by atoms with Gasteiger partial charge in [-0.25, -0.2) is 5.43 Å². The molecule has 3 heterocycles. The van der Waals surface area contributed by atoms with Crippen LogP contribution in [0.4, 0.5) is 11.4 Å². The molecule has 3 aliphatic rings. The number of nitrogens with one attached hydrogen (secondary N) is 2. The van der Waals surface area contributed by atoms with Crippen LogP contribution in [0.1, 0.15) is 19.4 Å². The average Bonchev–Trinajstić information content (AvgIpc) is 2.50. The summed E-state index contributed by atoms with van der Waals surface area (Å²) in [5, 5.41) is 7.80. The summed E-state index contributed by atoms with van der Waals surface area (Å²) in [6.07, 6.45) is 0. The molecular weight excluding hydrogens is 306 g/mol. The highest BCUT2D eigenvalue weighted by atomic mass is 16.5. The number of carbonyl (C=O) groups is 1. The third-order valence-corrected chi connectivity index (χ3v) is 4.94. The third kappa shape index (κ3) is 2.31. The molecule has 0 spiro atoms. The lowest BCUT2D eigenvalue weighted by Gasteiger charge is -2.47. The zero-order valence-corrected chi connectivity index (χ0v) is 14.5. The molecule has 0 saturated carbocycles. The van der Waals surface area contributed by atoms with Crippen molar-refractivity contribution in [2.24, 2.45) is 5.10 Å². The number of amidine groups is 1. The monoisotopic (exact) mass is 329 g/mol. The third-order valence-electron chi connectivity index (χ3n) is 4.94. The fourth-order valence-electron chi connectivity index (χ4n) is 3.86. The number of rotatable bonds is 2. The second-order valence-electron chi connectivity index (χ2n) is 7.33. The highest BCUT2D eigenvalue weighted by Crippen LogP contribution is 2.40. The first-order chi connectivity index (χ1) is 11.4. The second kappa shape index (κ2) is 5.11. The van der Waals surface area contributed by atoms with E-state index in [0.29, 0.717) is 6.61 Å². The first-order valence-electron chi connectivity index (χ1n) is 8.26. The van der Waals surface area contributed by atoms with Crippen molar-refractivity contribution in [2.45, 2.75) is 32.4 Å². The number of benzene rings is 1. The van der Waals surface area contributed by atoms with Crippen molar-refractivity contribution in [2.75, 3.05) is 37.0 Å². The summed E-state index contributed by atoms with van der Waals surface area (Å²) in [6.45, 7) is 8.57. The number of amides is 1. The first-order valence-corrected chi connectivity index (χ1v) is 8.26. The van der Waals surface area contributed by atoms with Crippen molar-refractivity contribution >= 4 is 23.1 Å². The van der Waals surface area contributed by atoms with Crippen molar-refractivity contribution in [3.63, 3.8) is 0 Å². The van der Waals surface area contributed by atoms with Gasteiger partial charge in [0.15, 0.2) is 5.84 Å². The van der Waals surface area contributed by atoms with E-state index in [4.69, 9.17) is 4.74 Å². The number of anilines is 2. The molecule has 0 aliphatic carbocycles. The van der Waals surface area contributed by atoms with Crippen molar-refractivity contribution in [3.8, 4) is 5.75 Å². The molecule has 7 nitrogen and oxygen atoms in total. The quantitative estimate of drug-likeness (QED) is 0.852. The number of aryl methyl sites for hydroxylation is 1. The van der Waals surface area contributed by atoms with E-state index < -0.39 is 0 Å².